The van der Waals surface area contributed by atoms with E-state index >= 15 is 0 Å². The number of hydrogen-bond donors (Lipinski definition) is 0. The predicted molar refractivity (Wildman–Crippen MR) is 91.3 cm³/mol. The van der Waals surface area contributed by atoms with Gasteiger partial charge in [0.1, 0.15) is 5.82 Å². The molecule has 4 rings (SSSR count). The molecule has 1 atom stereocenters. The van der Waals surface area contributed by atoms with Gasteiger partial charge in [0.05, 0.1) is 18.8 Å². The molecular weight excluding hydrogens is 393 g/mol. The van der Waals surface area contributed by atoms with Gasteiger partial charge >= 0.3 is 0 Å². The first-order chi connectivity index (χ1) is 12.1. The van der Waals surface area contributed by atoms with E-state index in [4.69, 9.17) is 14.2 Å². The normalized spacial score (nSPS) is 19.1. The van der Waals surface area contributed by atoms with Crippen molar-refractivity contribution >= 4 is 21.8 Å². The van der Waals surface area contributed by atoms with Crippen molar-refractivity contribution < 1.29 is 23.4 Å². The number of halogens is 2. The largest absolute Gasteiger partial charge is 0.447 e. The number of carbonyl (C=O) groups is 1. The zero-order valence-electron chi connectivity index (χ0n) is 13.2. The van der Waals surface area contributed by atoms with E-state index in [-0.39, 0.29) is 11.5 Å². The fourth-order valence-corrected chi connectivity index (χ4v) is 3.10. The highest BCUT2D eigenvalue weighted by Gasteiger charge is 2.30. The summed E-state index contributed by atoms with van der Waals surface area (Å²) in [5.74, 6) is -0.315. The Hall–Kier alpha value is -2.12. The molecule has 0 aromatic heterocycles. The maximum absolute atomic E-state index is 14.4. The van der Waals surface area contributed by atoms with Gasteiger partial charge in [0.15, 0.2) is 11.5 Å². The monoisotopic (exact) mass is 407 g/mol. The second kappa shape index (κ2) is 6.65. The number of carbonyl (C=O) groups excluding carboxylic acids is 1. The summed E-state index contributed by atoms with van der Waals surface area (Å²) in [7, 11) is 0. The van der Waals surface area contributed by atoms with Gasteiger partial charge < -0.3 is 19.1 Å². The van der Waals surface area contributed by atoms with Gasteiger partial charge in [0, 0.05) is 29.2 Å². The van der Waals surface area contributed by atoms with Gasteiger partial charge in [-0.3, -0.25) is 4.79 Å². The average Bonchev–Trinajstić information content (AvgIpc) is 3.04. The van der Waals surface area contributed by atoms with Crippen molar-refractivity contribution in [2.24, 2.45) is 0 Å². The number of ether oxygens (including phenoxy) is 3. The average molecular weight is 408 g/mol. The van der Waals surface area contributed by atoms with Crippen molar-refractivity contribution in [3.63, 3.8) is 0 Å². The van der Waals surface area contributed by atoms with E-state index in [0.29, 0.717) is 37.8 Å². The minimum atomic E-state index is -0.656. The molecule has 0 saturated carbocycles. The first-order valence-electron chi connectivity index (χ1n) is 7.91. The molecule has 2 aromatic carbocycles. The summed E-state index contributed by atoms with van der Waals surface area (Å²) in [4.78, 5) is 14.1. The van der Waals surface area contributed by atoms with Crippen molar-refractivity contribution in [2.45, 2.75) is 6.29 Å². The van der Waals surface area contributed by atoms with Crippen LogP contribution < -0.4 is 9.47 Å². The maximum Gasteiger partial charge on any atom is 0.267 e. The highest BCUT2D eigenvalue weighted by molar-refractivity contribution is 9.10. The number of amides is 1. The summed E-state index contributed by atoms with van der Waals surface area (Å²) in [6.07, 6.45) is -0.656. The van der Waals surface area contributed by atoms with Gasteiger partial charge in [0.2, 0.25) is 0 Å². The van der Waals surface area contributed by atoms with Gasteiger partial charge in [-0.1, -0.05) is 28.1 Å². The standard InChI is InChI=1S/C18H15BrFNO4/c19-12-3-1-11(2-4-12)18-24-15-9-13(14(20)10-16(15)25-18)17(22)21-5-7-23-8-6-21/h1-4,9-10,18H,5-8H2. The van der Waals surface area contributed by atoms with Crippen molar-refractivity contribution in [2.75, 3.05) is 26.3 Å². The molecule has 1 unspecified atom stereocenters. The quantitative estimate of drug-likeness (QED) is 0.763. The minimum Gasteiger partial charge on any atom is -0.447 e. The van der Waals surface area contributed by atoms with Crippen LogP contribution in [0.5, 0.6) is 11.5 Å². The first-order valence-corrected chi connectivity index (χ1v) is 8.70. The predicted octanol–water partition coefficient (Wildman–Crippen LogP) is 3.53. The molecule has 25 heavy (non-hydrogen) atoms. The zero-order chi connectivity index (χ0) is 17.4. The Morgan fingerprint density at radius 1 is 1.08 bits per heavy atom. The molecule has 2 aliphatic rings. The number of fused-ring (bicyclic) bond motifs is 1. The van der Waals surface area contributed by atoms with E-state index in [9.17, 15) is 9.18 Å². The summed E-state index contributed by atoms with van der Waals surface area (Å²) >= 11 is 3.37. The molecule has 1 amide bonds. The number of nitrogens with zero attached hydrogens (tertiary/aromatic N) is 1. The van der Waals surface area contributed by atoms with Crippen molar-refractivity contribution in [1.29, 1.82) is 0 Å². The molecule has 2 heterocycles. The lowest BCUT2D eigenvalue weighted by Crippen LogP contribution is -2.41. The Bertz CT molecular complexity index is 805. The second-order valence-corrected chi connectivity index (χ2v) is 6.72. The van der Waals surface area contributed by atoms with Crippen molar-refractivity contribution in [1.82, 2.24) is 4.90 Å². The molecule has 5 nitrogen and oxygen atoms in total. The third-order valence-corrected chi connectivity index (χ3v) is 4.70. The molecule has 2 aromatic rings. The van der Waals surface area contributed by atoms with E-state index < -0.39 is 12.1 Å². The number of benzene rings is 2. The lowest BCUT2D eigenvalue weighted by molar-refractivity contribution is 0.0299. The van der Waals surface area contributed by atoms with Gasteiger partial charge in [0.25, 0.3) is 12.2 Å². The molecule has 0 N–H and O–H groups in total. The zero-order valence-corrected chi connectivity index (χ0v) is 14.8. The number of morpholine rings is 1. The third-order valence-electron chi connectivity index (χ3n) is 4.17. The second-order valence-electron chi connectivity index (χ2n) is 5.80. The lowest BCUT2D eigenvalue weighted by Gasteiger charge is -2.27. The topological polar surface area (TPSA) is 48.0 Å². The van der Waals surface area contributed by atoms with E-state index in [0.717, 1.165) is 10.0 Å². The molecule has 0 bridgehead atoms. The number of hydrogen-bond acceptors (Lipinski definition) is 4. The Morgan fingerprint density at radius 3 is 2.40 bits per heavy atom. The van der Waals surface area contributed by atoms with E-state index in [2.05, 4.69) is 15.9 Å². The van der Waals surface area contributed by atoms with Crippen LogP contribution >= 0.6 is 15.9 Å². The van der Waals surface area contributed by atoms with Gasteiger partial charge in [-0.05, 0) is 18.2 Å². The molecule has 0 radical (unpaired) electrons. The highest BCUT2D eigenvalue weighted by atomic mass is 79.9. The van der Waals surface area contributed by atoms with Crippen LogP contribution in [0.2, 0.25) is 0 Å². The van der Waals surface area contributed by atoms with Gasteiger partial charge in [-0.15, -0.1) is 0 Å². The fraction of sp³-hybridized carbons (Fsp3) is 0.278. The first kappa shape index (κ1) is 16.4. The van der Waals surface area contributed by atoms with Crippen LogP contribution in [-0.2, 0) is 4.74 Å². The van der Waals surface area contributed by atoms with E-state index in [1.807, 2.05) is 24.3 Å². The molecule has 1 saturated heterocycles. The van der Waals surface area contributed by atoms with Crippen LogP contribution in [0.4, 0.5) is 4.39 Å². The van der Waals surface area contributed by atoms with E-state index in [1.165, 1.54) is 12.1 Å². The maximum atomic E-state index is 14.4. The molecule has 2 aliphatic heterocycles. The Kier molecular flexibility index (Phi) is 4.35. The summed E-state index contributed by atoms with van der Waals surface area (Å²) in [5.41, 5.74) is 0.793. The minimum absolute atomic E-state index is 0.0132. The fourth-order valence-electron chi connectivity index (χ4n) is 2.83. The van der Waals surface area contributed by atoms with Gasteiger partial charge in [-0.25, -0.2) is 4.39 Å². The molecule has 0 spiro atoms. The van der Waals surface area contributed by atoms with Crippen LogP contribution in [0.15, 0.2) is 40.9 Å². The lowest BCUT2D eigenvalue weighted by atomic mass is 10.1. The van der Waals surface area contributed by atoms with Crippen LogP contribution in [0.3, 0.4) is 0 Å². The Morgan fingerprint density at radius 2 is 1.72 bits per heavy atom. The van der Waals surface area contributed by atoms with Crippen molar-refractivity contribution in [3.05, 3.63) is 57.8 Å². The SMILES string of the molecule is O=C(c1cc2c(cc1F)OC(c1ccc(Br)cc1)O2)N1CCOCC1. The molecular formula is C18H15BrFNO4. The van der Waals surface area contributed by atoms with Crippen LogP contribution in [0, 0.1) is 5.82 Å². The van der Waals surface area contributed by atoms with Crippen LogP contribution in [0.1, 0.15) is 22.2 Å². The molecule has 0 aliphatic carbocycles. The number of rotatable bonds is 2. The summed E-state index contributed by atoms with van der Waals surface area (Å²) < 4.78 is 32.0. The summed E-state index contributed by atoms with van der Waals surface area (Å²) in [6.45, 7) is 1.83. The van der Waals surface area contributed by atoms with Crippen molar-refractivity contribution in [3.8, 4) is 11.5 Å². The highest BCUT2D eigenvalue weighted by Crippen LogP contribution is 2.42. The molecule has 7 heteroatoms. The Labute approximate surface area is 152 Å². The molecule has 130 valence electrons. The Balaban J connectivity index is 1.58. The van der Waals surface area contributed by atoms with Gasteiger partial charge in [-0.2, -0.15) is 0 Å². The third kappa shape index (κ3) is 3.21. The van der Waals surface area contributed by atoms with Crippen LogP contribution in [0.25, 0.3) is 0 Å². The summed E-state index contributed by atoms with van der Waals surface area (Å²) in [5, 5.41) is 0. The van der Waals surface area contributed by atoms with E-state index in [1.54, 1.807) is 4.90 Å². The smallest absolute Gasteiger partial charge is 0.267 e. The van der Waals surface area contributed by atoms with Crippen LogP contribution in [-0.4, -0.2) is 37.1 Å². The molecule has 1 fully saturated rings. The summed E-state index contributed by atoms with van der Waals surface area (Å²) in [6, 6.07) is 10.1.